The van der Waals surface area contributed by atoms with E-state index in [1.165, 1.54) is 17.9 Å². The van der Waals surface area contributed by atoms with Crippen LogP contribution in [0.1, 0.15) is 13.3 Å². The number of rotatable bonds is 4. The Hall–Kier alpha value is -1.43. The molecule has 1 heterocycles. The number of nitrogens with zero attached hydrogens (tertiary/aromatic N) is 1. The maximum atomic E-state index is 11.9. The summed E-state index contributed by atoms with van der Waals surface area (Å²) in [4.78, 5) is 24.1. The van der Waals surface area contributed by atoms with E-state index in [9.17, 15) is 9.59 Å². The van der Waals surface area contributed by atoms with Crippen molar-refractivity contribution in [1.29, 1.82) is 0 Å². The van der Waals surface area contributed by atoms with Crippen molar-refractivity contribution in [1.82, 2.24) is 4.90 Å². The Morgan fingerprint density at radius 1 is 1.75 bits per heavy atom. The Bertz CT molecular complexity index is 329. The highest BCUT2D eigenvalue weighted by molar-refractivity contribution is 7.80. The highest BCUT2D eigenvalue weighted by atomic mass is 32.1. The Labute approximate surface area is 99.0 Å². The maximum absolute atomic E-state index is 11.9. The van der Waals surface area contributed by atoms with E-state index in [2.05, 4.69) is 6.58 Å². The summed E-state index contributed by atoms with van der Waals surface area (Å²) in [6, 6.07) is 0. The highest BCUT2D eigenvalue weighted by Gasteiger charge is 2.32. The van der Waals surface area contributed by atoms with Gasteiger partial charge in [0.1, 0.15) is 6.61 Å². The summed E-state index contributed by atoms with van der Waals surface area (Å²) >= 11 is 4.85. The lowest BCUT2D eigenvalue weighted by Crippen LogP contribution is -2.41. The standard InChI is InChI=1S/C10H13NO4S/c1-3-4-8(15-7(2)12)9(13)11-5-6-14-10(11)16/h3,8H,1,4-6H2,2H3. The fraction of sp³-hybridized carbons (Fsp3) is 0.500. The van der Waals surface area contributed by atoms with Crippen LogP contribution >= 0.6 is 12.2 Å². The van der Waals surface area contributed by atoms with Gasteiger partial charge in [-0.05, 0) is 12.2 Å². The summed E-state index contributed by atoms with van der Waals surface area (Å²) < 4.78 is 9.89. The third kappa shape index (κ3) is 3.03. The van der Waals surface area contributed by atoms with Crippen LogP contribution < -0.4 is 0 Å². The molecule has 0 aliphatic carbocycles. The molecule has 0 aromatic rings. The SMILES string of the molecule is C=CCC(OC(C)=O)C(=O)N1CCOC1=S. The van der Waals surface area contributed by atoms with Crippen LogP contribution in [0, 0.1) is 0 Å². The molecule has 6 heteroatoms. The molecule has 0 bridgehead atoms. The zero-order valence-corrected chi connectivity index (χ0v) is 9.79. The highest BCUT2D eigenvalue weighted by Crippen LogP contribution is 2.11. The number of thiocarbonyl (C=S) groups is 1. The number of hydrogen-bond acceptors (Lipinski definition) is 5. The van der Waals surface area contributed by atoms with E-state index in [4.69, 9.17) is 21.7 Å². The van der Waals surface area contributed by atoms with E-state index in [-0.39, 0.29) is 17.5 Å². The second kappa shape index (κ2) is 5.60. The minimum Gasteiger partial charge on any atom is -0.469 e. The summed E-state index contributed by atoms with van der Waals surface area (Å²) in [5.41, 5.74) is 0. The Balaban J connectivity index is 2.69. The zero-order chi connectivity index (χ0) is 12.1. The van der Waals surface area contributed by atoms with Gasteiger partial charge in [0, 0.05) is 13.3 Å². The third-order valence-electron chi connectivity index (χ3n) is 1.99. The third-order valence-corrected chi connectivity index (χ3v) is 2.33. The molecule has 1 saturated heterocycles. The summed E-state index contributed by atoms with van der Waals surface area (Å²) in [7, 11) is 0. The maximum Gasteiger partial charge on any atom is 0.303 e. The number of carbonyl (C=O) groups excluding carboxylic acids is 2. The van der Waals surface area contributed by atoms with E-state index in [1.807, 2.05) is 0 Å². The summed E-state index contributed by atoms with van der Waals surface area (Å²) in [6.07, 6.45) is 0.915. The van der Waals surface area contributed by atoms with Crippen LogP contribution in [0.3, 0.4) is 0 Å². The van der Waals surface area contributed by atoms with Gasteiger partial charge < -0.3 is 9.47 Å². The lowest BCUT2D eigenvalue weighted by atomic mass is 10.2. The quantitative estimate of drug-likeness (QED) is 0.412. The van der Waals surface area contributed by atoms with Gasteiger partial charge in [-0.15, -0.1) is 6.58 Å². The average molecular weight is 243 g/mol. The molecular weight excluding hydrogens is 230 g/mol. The van der Waals surface area contributed by atoms with Crippen LogP contribution in [0.15, 0.2) is 12.7 Å². The predicted molar refractivity (Wildman–Crippen MR) is 60.6 cm³/mol. The molecule has 1 aliphatic heterocycles. The second-order valence-corrected chi connectivity index (χ2v) is 3.58. The van der Waals surface area contributed by atoms with Crippen LogP contribution in [-0.4, -0.2) is 41.2 Å². The van der Waals surface area contributed by atoms with E-state index < -0.39 is 12.1 Å². The van der Waals surface area contributed by atoms with Crippen molar-refractivity contribution in [2.24, 2.45) is 0 Å². The van der Waals surface area contributed by atoms with Crippen molar-refractivity contribution < 1.29 is 19.1 Å². The van der Waals surface area contributed by atoms with Crippen LogP contribution in [0.5, 0.6) is 0 Å². The smallest absolute Gasteiger partial charge is 0.303 e. The zero-order valence-electron chi connectivity index (χ0n) is 8.97. The fourth-order valence-electron chi connectivity index (χ4n) is 1.32. The Kier molecular flexibility index (Phi) is 4.42. The predicted octanol–water partition coefficient (Wildman–Crippen LogP) is 0.638. The molecule has 0 radical (unpaired) electrons. The molecule has 0 saturated carbocycles. The Morgan fingerprint density at radius 3 is 2.88 bits per heavy atom. The molecule has 16 heavy (non-hydrogen) atoms. The van der Waals surface area contributed by atoms with Crippen molar-refractivity contribution in [3.8, 4) is 0 Å². The van der Waals surface area contributed by atoms with Gasteiger partial charge >= 0.3 is 5.97 Å². The first-order valence-corrected chi connectivity index (χ1v) is 5.23. The summed E-state index contributed by atoms with van der Waals surface area (Å²) in [5.74, 6) is -0.871. The molecule has 1 atom stereocenters. The van der Waals surface area contributed by atoms with E-state index >= 15 is 0 Å². The molecule has 1 rings (SSSR count). The topological polar surface area (TPSA) is 55.8 Å². The molecule has 5 nitrogen and oxygen atoms in total. The molecule has 1 unspecified atom stereocenters. The second-order valence-electron chi connectivity index (χ2n) is 3.23. The molecule has 0 N–H and O–H groups in total. The fourth-order valence-corrected chi connectivity index (χ4v) is 1.58. The molecule has 88 valence electrons. The first-order valence-electron chi connectivity index (χ1n) is 4.82. The van der Waals surface area contributed by atoms with E-state index in [0.717, 1.165) is 0 Å². The van der Waals surface area contributed by atoms with Crippen molar-refractivity contribution in [3.05, 3.63) is 12.7 Å². The molecular formula is C10H13NO4S. The first kappa shape index (κ1) is 12.6. The number of carbonyl (C=O) groups is 2. The molecule has 0 aromatic carbocycles. The van der Waals surface area contributed by atoms with Gasteiger partial charge in [0.25, 0.3) is 11.1 Å². The molecule has 0 aromatic heterocycles. The van der Waals surface area contributed by atoms with Gasteiger partial charge in [-0.25, -0.2) is 0 Å². The van der Waals surface area contributed by atoms with E-state index in [1.54, 1.807) is 0 Å². The number of amides is 1. The lowest BCUT2D eigenvalue weighted by molar-refractivity contribution is -0.156. The molecule has 1 fully saturated rings. The summed E-state index contributed by atoms with van der Waals surface area (Å²) in [6.45, 7) is 5.54. The van der Waals surface area contributed by atoms with Crippen LogP contribution in [-0.2, 0) is 19.1 Å². The first-order chi connectivity index (χ1) is 7.56. The summed E-state index contributed by atoms with van der Waals surface area (Å²) in [5, 5.41) is 0.131. The van der Waals surface area contributed by atoms with E-state index in [0.29, 0.717) is 13.2 Å². The van der Waals surface area contributed by atoms with Crippen LogP contribution in [0.4, 0.5) is 0 Å². The molecule has 1 amide bonds. The minimum absolute atomic E-state index is 0.131. The molecule has 0 spiro atoms. The van der Waals surface area contributed by atoms with Gasteiger partial charge in [-0.1, -0.05) is 6.08 Å². The number of esters is 1. The Morgan fingerprint density at radius 2 is 2.44 bits per heavy atom. The van der Waals surface area contributed by atoms with Crippen LogP contribution in [0.2, 0.25) is 0 Å². The largest absolute Gasteiger partial charge is 0.469 e. The lowest BCUT2D eigenvalue weighted by Gasteiger charge is -2.19. The normalized spacial score (nSPS) is 16.6. The van der Waals surface area contributed by atoms with Crippen molar-refractivity contribution in [2.75, 3.05) is 13.2 Å². The number of ether oxygens (including phenoxy) is 2. The van der Waals surface area contributed by atoms with Gasteiger partial charge in [0.2, 0.25) is 0 Å². The monoisotopic (exact) mass is 243 g/mol. The molecule has 1 aliphatic rings. The van der Waals surface area contributed by atoms with Crippen molar-refractivity contribution >= 4 is 29.3 Å². The van der Waals surface area contributed by atoms with Gasteiger partial charge in [0.15, 0.2) is 6.10 Å². The minimum atomic E-state index is -0.866. The van der Waals surface area contributed by atoms with Gasteiger partial charge in [-0.3, -0.25) is 14.5 Å². The van der Waals surface area contributed by atoms with Crippen molar-refractivity contribution in [2.45, 2.75) is 19.4 Å². The van der Waals surface area contributed by atoms with Crippen LogP contribution in [0.25, 0.3) is 0 Å². The number of hydrogen-bond donors (Lipinski definition) is 0. The van der Waals surface area contributed by atoms with Gasteiger partial charge in [-0.2, -0.15) is 0 Å². The average Bonchev–Trinajstić information content (AvgIpc) is 2.62. The van der Waals surface area contributed by atoms with Gasteiger partial charge in [0.05, 0.1) is 6.54 Å². The van der Waals surface area contributed by atoms with Crippen molar-refractivity contribution in [3.63, 3.8) is 0 Å².